The van der Waals surface area contributed by atoms with E-state index in [1.807, 2.05) is 43.3 Å². The third kappa shape index (κ3) is 5.11. The molecule has 3 rings (SSSR count). The minimum Gasteiger partial charge on any atom is -0.206 e. The van der Waals surface area contributed by atoms with E-state index in [1.54, 1.807) is 0 Å². The fourth-order valence-electron chi connectivity index (χ4n) is 3.29. The van der Waals surface area contributed by atoms with Crippen LogP contribution in [-0.4, -0.2) is 0 Å². The van der Waals surface area contributed by atoms with Crippen LogP contribution in [0, 0.1) is 17.7 Å². The first-order chi connectivity index (χ1) is 13.7. The molecule has 0 aromatic heterocycles. The molecule has 0 aliphatic heterocycles. The van der Waals surface area contributed by atoms with Crippen LogP contribution in [0.4, 0.5) is 4.39 Å². The Morgan fingerprint density at radius 3 is 2.39 bits per heavy atom. The molecule has 0 spiro atoms. The number of rotatable bonds is 6. The average Bonchev–Trinajstić information content (AvgIpc) is 2.73. The Hall–Kier alpha value is -2.85. The number of hydrogen-bond acceptors (Lipinski definition) is 0. The summed E-state index contributed by atoms with van der Waals surface area (Å²) in [5.74, 6) is 6.32. The van der Waals surface area contributed by atoms with Gasteiger partial charge in [-0.3, -0.25) is 0 Å². The highest BCUT2D eigenvalue weighted by atomic mass is 19.1. The number of halogens is 1. The van der Waals surface area contributed by atoms with Crippen molar-refractivity contribution in [3.63, 3.8) is 0 Å². The van der Waals surface area contributed by atoms with E-state index < -0.39 is 0 Å². The van der Waals surface area contributed by atoms with Gasteiger partial charge in [0.1, 0.15) is 5.82 Å². The van der Waals surface area contributed by atoms with Gasteiger partial charge in [0.25, 0.3) is 0 Å². The second kappa shape index (κ2) is 9.90. The van der Waals surface area contributed by atoms with Gasteiger partial charge in [-0.1, -0.05) is 67.7 Å². The molecule has 0 nitrogen and oxygen atoms in total. The topological polar surface area (TPSA) is 0 Å². The molecule has 0 N–H and O–H groups in total. The summed E-state index contributed by atoms with van der Waals surface area (Å²) in [4.78, 5) is 0. The predicted octanol–water partition coefficient (Wildman–Crippen LogP) is 7.23. The van der Waals surface area contributed by atoms with Crippen LogP contribution in [-0.2, 0) is 12.8 Å². The molecule has 0 amide bonds. The number of hydrogen-bond donors (Lipinski definition) is 0. The summed E-state index contributed by atoms with van der Waals surface area (Å²) in [6, 6.07) is 18.1. The van der Waals surface area contributed by atoms with Gasteiger partial charge < -0.3 is 0 Å². The Labute approximate surface area is 168 Å². The second-order valence-electron chi connectivity index (χ2n) is 7.13. The van der Waals surface area contributed by atoms with Crippen LogP contribution in [0.3, 0.4) is 0 Å². The summed E-state index contributed by atoms with van der Waals surface area (Å²) >= 11 is 0. The lowest BCUT2D eigenvalue weighted by Gasteiger charge is -2.06. The summed E-state index contributed by atoms with van der Waals surface area (Å²) in [5, 5.41) is 1.57. The fourth-order valence-corrected chi connectivity index (χ4v) is 3.29. The molecular weight excluding hydrogens is 343 g/mol. The zero-order chi connectivity index (χ0) is 19.8. The molecule has 0 heterocycles. The van der Waals surface area contributed by atoms with Crippen molar-refractivity contribution in [2.45, 2.75) is 46.0 Å². The summed E-state index contributed by atoms with van der Waals surface area (Å²) in [7, 11) is 0. The number of benzene rings is 3. The third-order valence-electron chi connectivity index (χ3n) is 4.97. The van der Waals surface area contributed by atoms with Crippen LogP contribution in [0.5, 0.6) is 0 Å². The van der Waals surface area contributed by atoms with Crippen molar-refractivity contribution >= 4 is 10.8 Å². The summed E-state index contributed by atoms with van der Waals surface area (Å²) in [6.07, 6.45) is 9.21. The lowest BCUT2D eigenvalue weighted by molar-refractivity contribution is 0.621. The van der Waals surface area contributed by atoms with E-state index in [0.717, 1.165) is 41.3 Å². The van der Waals surface area contributed by atoms with Crippen molar-refractivity contribution in [2.24, 2.45) is 0 Å². The smallest absolute Gasteiger partial charge is 0.134 e. The van der Waals surface area contributed by atoms with Crippen molar-refractivity contribution in [3.05, 3.63) is 94.8 Å². The van der Waals surface area contributed by atoms with Crippen molar-refractivity contribution in [1.82, 2.24) is 0 Å². The molecule has 0 unspecified atom stereocenters. The Morgan fingerprint density at radius 1 is 0.893 bits per heavy atom. The van der Waals surface area contributed by atoms with Crippen molar-refractivity contribution in [3.8, 4) is 11.8 Å². The third-order valence-corrected chi connectivity index (χ3v) is 4.97. The SMILES string of the molecule is C/C=C/CCc1ccc2cc(C#Cc3ccc(CCCC)cc3)ccc2c1F. The number of allylic oxidation sites excluding steroid dienone is 2. The first-order valence-corrected chi connectivity index (χ1v) is 10.1. The maximum atomic E-state index is 14.7. The van der Waals surface area contributed by atoms with Crippen molar-refractivity contribution in [1.29, 1.82) is 0 Å². The molecule has 0 bridgehead atoms. The maximum Gasteiger partial charge on any atom is 0.134 e. The normalized spacial score (nSPS) is 11.0. The molecule has 0 aliphatic rings. The van der Waals surface area contributed by atoms with E-state index in [4.69, 9.17) is 0 Å². The van der Waals surface area contributed by atoms with Gasteiger partial charge in [0.05, 0.1) is 0 Å². The molecule has 0 aliphatic carbocycles. The molecule has 0 saturated heterocycles. The van der Waals surface area contributed by atoms with Crippen LogP contribution in [0.1, 0.15) is 55.4 Å². The van der Waals surface area contributed by atoms with Crippen LogP contribution < -0.4 is 0 Å². The highest BCUT2D eigenvalue weighted by Crippen LogP contribution is 2.23. The lowest BCUT2D eigenvalue weighted by Crippen LogP contribution is -1.92. The first kappa shape index (κ1) is 19.9. The highest BCUT2D eigenvalue weighted by molar-refractivity contribution is 5.85. The van der Waals surface area contributed by atoms with Crippen LogP contribution >= 0.6 is 0 Å². The molecule has 3 aromatic carbocycles. The molecule has 1 heteroatoms. The Morgan fingerprint density at radius 2 is 1.64 bits per heavy atom. The molecule has 28 heavy (non-hydrogen) atoms. The maximum absolute atomic E-state index is 14.7. The summed E-state index contributed by atoms with van der Waals surface area (Å²) in [5.41, 5.74) is 4.04. The first-order valence-electron chi connectivity index (χ1n) is 10.1. The largest absolute Gasteiger partial charge is 0.206 e. The van der Waals surface area contributed by atoms with Crippen LogP contribution in [0.15, 0.2) is 66.7 Å². The van der Waals surface area contributed by atoms with E-state index in [9.17, 15) is 4.39 Å². The molecule has 3 aromatic rings. The van der Waals surface area contributed by atoms with Gasteiger partial charge in [0.2, 0.25) is 0 Å². The number of unbranched alkanes of at least 4 members (excludes halogenated alkanes) is 1. The molecule has 0 fully saturated rings. The van der Waals surface area contributed by atoms with Gasteiger partial charge in [-0.15, -0.1) is 0 Å². The van der Waals surface area contributed by atoms with Gasteiger partial charge in [-0.25, -0.2) is 4.39 Å². The van der Waals surface area contributed by atoms with Crippen molar-refractivity contribution < 1.29 is 4.39 Å². The summed E-state index contributed by atoms with van der Waals surface area (Å²) in [6.45, 7) is 4.19. The van der Waals surface area contributed by atoms with E-state index in [0.29, 0.717) is 5.39 Å². The molecule has 0 saturated carbocycles. The molecule has 0 radical (unpaired) electrons. The molecule has 142 valence electrons. The van der Waals surface area contributed by atoms with E-state index in [-0.39, 0.29) is 5.82 Å². The van der Waals surface area contributed by atoms with Gasteiger partial charge in [-0.2, -0.15) is 0 Å². The highest BCUT2D eigenvalue weighted by Gasteiger charge is 2.07. The quantitative estimate of drug-likeness (QED) is 0.317. The fraction of sp³-hybridized carbons (Fsp3) is 0.259. The standard InChI is InChI=1S/C27H27F/c1-3-5-7-9-24-17-18-25-20-23(16-19-26(25)27(24)28)15-14-22-12-10-21(11-13-22)8-6-4-2/h3,5,10-13,16-20H,4,6-9H2,1-2H3/b5-3+. The molecule has 0 atom stereocenters. The lowest BCUT2D eigenvalue weighted by atomic mass is 10.0. The summed E-state index contributed by atoms with van der Waals surface area (Å²) < 4.78 is 14.7. The zero-order valence-corrected chi connectivity index (χ0v) is 16.8. The van der Waals surface area contributed by atoms with Crippen LogP contribution in [0.2, 0.25) is 0 Å². The minimum atomic E-state index is -0.107. The Balaban J connectivity index is 1.78. The van der Waals surface area contributed by atoms with Crippen molar-refractivity contribution in [2.75, 3.05) is 0 Å². The zero-order valence-electron chi connectivity index (χ0n) is 16.8. The van der Waals surface area contributed by atoms with Gasteiger partial charge in [0, 0.05) is 16.5 Å². The second-order valence-corrected chi connectivity index (χ2v) is 7.13. The average molecular weight is 371 g/mol. The predicted molar refractivity (Wildman–Crippen MR) is 118 cm³/mol. The minimum absolute atomic E-state index is 0.107. The van der Waals surface area contributed by atoms with E-state index in [2.05, 4.69) is 49.1 Å². The monoisotopic (exact) mass is 370 g/mol. The van der Waals surface area contributed by atoms with Gasteiger partial charge >= 0.3 is 0 Å². The van der Waals surface area contributed by atoms with Gasteiger partial charge in [0.15, 0.2) is 0 Å². The Kier molecular flexibility index (Phi) is 7.04. The van der Waals surface area contributed by atoms with E-state index in [1.165, 1.54) is 18.4 Å². The number of fused-ring (bicyclic) bond motifs is 1. The van der Waals surface area contributed by atoms with Crippen LogP contribution in [0.25, 0.3) is 10.8 Å². The number of aryl methyl sites for hydroxylation is 2. The van der Waals surface area contributed by atoms with E-state index >= 15 is 0 Å². The van der Waals surface area contributed by atoms with Gasteiger partial charge in [-0.05, 0) is 73.4 Å². The molecular formula is C27H27F. The Bertz CT molecular complexity index is 1010.